The second-order valence-electron chi connectivity index (χ2n) is 12.1. The Hall–Kier alpha value is -4.60. The zero-order valence-corrected chi connectivity index (χ0v) is 25.8. The molecule has 4 unspecified atom stereocenters. The summed E-state index contributed by atoms with van der Waals surface area (Å²) in [5, 5.41) is 3.65. The topological polar surface area (TPSA) is 116 Å². The van der Waals surface area contributed by atoms with Crippen molar-refractivity contribution in [3.63, 3.8) is 0 Å². The van der Waals surface area contributed by atoms with E-state index in [1.165, 1.54) is 4.90 Å². The fourth-order valence-corrected chi connectivity index (χ4v) is 5.56. The fraction of sp³-hybridized carbons (Fsp3) is 0.412. The van der Waals surface area contributed by atoms with E-state index in [4.69, 9.17) is 23.9 Å². The Kier molecular flexibility index (Phi) is 8.54. The molecule has 0 radical (unpaired) electrons. The van der Waals surface area contributed by atoms with Crippen molar-refractivity contribution < 1.29 is 33.3 Å². The predicted molar refractivity (Wildman–Crippen MR) is 165 cm³/mol. The van der Waals surface area contributed by atoms with Crippen LogP contribution in [-0.4, -0.2) is 71.4 Å². The zero-order chi connectivity index (χ0) is 31.6. The van der Waals surface area contributed by atoms with E-state index in [-0.39, 0.29) is 25.5 Å². The molecule has 0 spiro atoms. The molecule has 0 bridgehead atoms. The van der Waals surface area contributed by atoms with Crippen LogP contribution in [0.25, 0.3) is 22.2 Å². The minimum atomic E-state index is -1.20. The van der Waals surface area contributed by atoms with Crippen molar-refractivity contribution in [1.29, 1.82) is 0 Å². The molecule has 2 aliphatic rings. The number of hydrogen-bond acceptors (Lipinski definition) is 8. The molecule has 2 heterocycles. The summed E-state index contributed by atoms with van der Waals surface area (Å²) < 4.78 is 22.9. The lowest BCUT2D eigenvalue weighted by Gasteiger charge is -2.28. The molecular formula is C34H39N3O7. The van der Waals surface area contributed by atoms with Gasteiger partial charge >= 0.3 is 12.1 Å². The van der Waals surface area contributed by atoms with Crippen LogP contribution in [-0.2, 0) is 19.1 Å². The van der Waals surface area contributed by atoms with Gasteiger partial charge in [0.15, 0.2) is 0 Å². The maximum absolute atomic E-state index is 13.8. The highest BCUT2D eigenvalue weighted by Gasteiger charge is 2.62. The van der Waals surface area contributed by atoms with Crippen LogP contribution in [0.3, 0.4) is 0 Å². The van der Waals surface area contributed by atoms with E-state index in [1.54, 1.807) is 40.9 Å². The second kappa shape index (κ2) is 12.2. The molecule has 1 aliphatic heterocycles. The molecule has 5 rings (SSSR count). The largest absolute Gasteiger partial charge is 0.497 e. The molecule has 10 nitrogen and oxygen atoms in total. The monoisotopic (exact) mass is 601 g/mol. The number of ether oxygens (including phenoxy) is 4. The highest BCUT2D eigenvalue weighted by molar-refractivity contribution is 5.95. The van der Waals surface area contributed by atoms with Crippen molar-refractivity contribution in [1.82, 2.24) is 15.2 Å². The van der Waals surface area contributed by atoms with Crippen molar-refractivity contribution in [2.75, 3.05) is 20.3 Å². The molecule has 232 valence electrons. The lowest BCUT2D eigenvalue weighted by molar-refractivity contribution is -0.149. The van der Waals surface area contributed by atoms with E-state index in [2.05, 4.69) is 11.9 Å². The van der Waals surface area contributed by atoms with Crippen LogP contribution in [0.4, 0.5) is 4.79 Å². The summed E-state index contributed by atoms with van der Waals surface area (Å²) in [6.45, 7) is 11.1. The van der Waals surface area contributed by atoms with E-state index >= 15 is 0 Å². The van der Waals surface area contributed by atoms with Crippen LogP contribution in [0.5, 0.6) is 11.5 Å². The third-order valence-electron chi connectivity index (χ3n) is 7.82. The summed E-state index contributed by atoms with van der Waals surface area (Å²) >= 11 is 0. The number of amides is 2. The first-order valence-electron chi connectivity index (χ1n) is 14.8. The lowest BCUT2D eigenvalue weighted by atomic mass is 10.1. The van der Waals surface area contributed by atoms with Gasteiger partial charge in [0.1, 0.15) is 34.8 Å². The Labute approximate surface area is 257 Å². The van der Waals surface area contributed by atoms with Gasteiger partial charge in [-0.2, -0.15) is 0 Å². The number of likely N-dealkylation sites (tertiary alicyclic amines) is 1. The van der Waals surface area contributed by atoms with E-state index in [9.17, 15) is 14.4 Å². The SMILES string of the molecule is C=CC1CC1(NC(=O)C1CC(Oc2cc(-c3ccccc3)nc3cc(OC)ccc23)CN1C(=O)OC(C)(C)C)C(=O)OCC. The van der Waals surface area contributed by atoms with E-state index in [0.29, 0.717) is 29.1 Å². The average Bonchev–Trinajstić information content (AvgIpc) is 3.55. The number of hydrogen-bond donors (Lipinski definition) is 1. The van der Waals surface area contributed by atoms with Crippen LogP contribution in [0.15, 0.2) is 67.3 Å². The molecule has 1 saturated heterocycles. The van der Waals surface area contributed by atoms with Gasteiger partial charge in [-0.15, -0.1) is 6.58 Å². The number of esters is 1. The molecule has 10 heteroatoms. The molecular weight excluding hydrogens is 562 g/mol. The number of fused-ring (bicyclic) bond motifs is 1. The number of aromatic nitrogens is 1. The smallest absolute Gasteiger partial charge is 0.411 e. The van der Waals surface area contributed by atoms with Gasteiger partial charge in [0.05, 0.1) is 31.5 Å². The molecule has 1 aliphatic carbocycles. The molecule has 1 aromatic heterocycles. The van der Waals surface area contributed by atoms with Crippen LogP contribution in [0.1, 0.15) is 40.5 Å². The number of nitrogens with zero attached hydrogens (tertiary/aromatic N) is 2. The van der Waals surface area contributed by atoms with Crippen molar-refractivity contribution in [2.24, 2.45) is 5.92 Å². The first-order valence-corrected chi connectivity index (χ1v) is 14.8. The van der Waals surface area contributed by atoms with Gasteiger partial charge in [0.2, 0.25) is 5.91 Å². The average molecular weight is 602 g/mol. The van der Waals surface area contributed by atoms with Gasteiger partial charge in [-0.1, -0.05) is 36.4 Å². The Morgan fingerprint density at radius 1 is 1.14 bits per heavy atom. The van der Waals surface area contributed by atoms with Gasteiger partial charge in [-0.3, -0.25) is 9.69 Å². The van der Waals surface area contributed by atoms with Crippen molar-refractivity contribution >= 4 is 28.9 Å². The first kappa shape index (κ1) is 30.8. The minimum Gasteiger partial charge on any atom is -0.497 e. The molecule has 2 fully saturated rings. The summed E-state index contributed by atoms with van der Waals surface area (Å²) in [5.41, 5.74) is 0.319. The van der Waals surface area contributed by atoms with Gasteiger partial charge in [0.25, 0.3) is 0 Å². The molecule has 2 amide bonds. The number of carbonyl (C=O) groups is 3. The van der Waals surface area contributed by atoms with Crippen LogP contribution >= 0.6 is 0 Å². The standard InChI is InChI=1S/C34H39N3O7/c1-7-22-19-34(22,31(39)42-8-2)36-30(38)28-17-24(20-37(28)32(40)44-33(3,4)5)43-29-18-26(21-12-10-9-11-13-21)35-27-16-23(41-6)14-15-25(27)29/h7,9-16,18,22,24,28H,1,8,17,19-20H2,2-6H3,(H,36,38). The van der Waals surface area contributed by atoms with Crippen molar-refractivity contribution in [2.45, 2.75) is 63.8 Å². The zero-order valence-electron chi connectivity index (χ0n) is 25.8. The van der Waals surface area contributed by atoms with Crippen LogP contribution in [0, 0.1) is 5.92 Å². The first-order chi connectivity index (χ1) is 21.0. The number of carbonyl (C=O) groups excluding carboxylic acids is 3. The van der Waals surface area contributed by atoms with E-state index in [1.807, 2.05) is 54.6 Å². The molecule has 2 aromatic carbocycles. The molecule has 4 atom stereocenters. The third kappa shape index (κ3) is 6.34. The maximum Gasteiger partial charge on any atom is 0.411 e. The Morgan fingerprint density at radius 2 is 1.89 bits per heavy atom. The fourth-order valence-electron chi connectivity index (χ4n) is 5.56. The maximum atomic E-state index is 13.8. The number of methoxy groups -OCH3 is 1. The predicted octanol–water partition coefficient (Wildman–Crippen LogP) is 5.29. The Bertz CT molecular complexity index is 1570. The number of nitrogens with one attached hydrogen (secondary N) is 1. The number of pyridine rings is 1. The van der Waals surface area contributed by atoms with Crippen molar-refractivity contribution in [3.05, 3.63) is 67.3 Å². The van der Waals surface area contributed by atoms with Crippen LogP contribution in [0.2, 0.25) is 0 Å². The quantitative estimate of drug-likeness (QED) is 0.260. The second-order valence-corrected chi connectivity index (χ2v) is 12.1. The molecule has 44 heavy (non-hydrogen) atoms. The molecule has 1 saturated carbocycles. The normalized spacial score (nSPS) is 22.7. The Balaban J connectivity index is 1.46. The van der Waals surface area contributed by atoms with Crippen molar-refractivity contribution in [3.8, 4) is 22.8 Å². The van der Waals surface area contributed by atoms with Gasteiger partial charge in [-0.25, -0.2) is 14.6 Å². The third-order valence-corrected chi connectivity index (χ3v) is 7.82. The highest BCUT2D eigenvalue weighted by atomic mass is 16.6. The Morgan fingerprint density at radius 3 is 2.52 bits per heavy atom. The molecule has 3 aromatic rings. The van der Waals surface area contributed by atoms with E-state index < -0.39 is 41.3 Å². The van der Waals surface area contributed by atoms with Gasteiger partial charge in [-0.05, 0) is 46.2 Å². The summed E-state index contributed by atoms with van der Waals surface area (Å²) in [7, 11) is 1.60. The van der Waals surface area contributed by atoms with E-state index in [0.717, 1.165) is 10.9 Å². The lowest BCUT2D eigenvalue weighted by Crippen LogP contribution is -2.53. The van der Waals surface area contributed by atoms with Gasteiger partial charge < -0.3 is 24.3 Å². The highest BCUT2D eigenvalue weighted by Crippen LogP contribution is 2.46. The summed E-state index contributed by atoms with van der Waals surface area (Å²) in [4.78, 5) is 46.2. The summed E-state index contributed by atoms with van der Waals surface area (Å²) in [6, 6.07) is 16.2. The van der Waals surface area contributed by atoms with Crippen LogP contribution < -0.4 is 14.8 Å². The summed E-state index contributed by atoms with van der Waals surface area (Å²) in [5.74, 6) is -0.0360. The van der Waals surface area contributed by atoms with Gasteiger partial charge in [0, 0.05) is 35.4 Å². The molecule has 1 N–H and O–H groups in total. The number of benzene rings is 2. The minimum absolute atomic E-state index is 0.102. The number of rotatable bonds is 9. The summed E-state index contributed by atoms with van der Waals surface area (Å²) in [6.07, 6.45) is 1.01.